The molecule has 0 N–H and O–H groups in total. The minimum atomic E-state index is -0.0739. The van der Waals surface area contributed by atoms with Crippen molar-refractivity contribution >= 4 is 7.85 Å². The van der Waals surface area contributed by atoms with Gasteiger partial charge in [0.15, 0.2) is 0 Å². The van der Waals surface area contributed by atoms with E-state index in [1.807, 2.05) is 0 Å². The van der Waals surface area contributed by atoms with Crippen LogP contribution in [0.5, 0.6) is 0 Å². The molecular weight excluding hydrogens is 203 g/mol. The largest absolute Gasteiger partial charge is 0.0996 e. The van der Waals surface area contributed by atoms with Gasteiger partial charge in [-0.25, -0.2) is 0 Å². The maximum Gasteiger partial charge on any atom is 0.0746 e. The van der Waals surface area contributed by atoms with Gasteiger partial charge in [0.25, 0.3) is 0 Å². The molecule has 0 heterocycles. The van der Waals surface area contributed by atoms with Crippen molar-refractivity contribution < 1.29 is 0 Å². The van der Waals surface area contributed by atoms with Crippen LogP contribution in [0.4, 0.5) is 0 Å². The number of hydrogen-bond donors (Lipinski definition) is 0. The summed E-state index contributed by atoms with van der Waals surface area (Å²) in [7, 11) is 6.48. The van der Waals surface area contributed by atoms with Crippen LogP contribution in [0.25, 0.3) is 0 Å². The second-order valence-corrected chi connectivity index (χ2v) is 7.15. The molecule has 0 saturated carbocycles. The van der Waals surface area contributed by atoms with Gasteiger partial charge in [-0.2, -0.15) is 0 Å². The highest BCUT2D eigenvalue weighted by Crippen LogP contribution is 2.46. The zero-order chi connectivity index (χ0) is 13.9. The predicted molar refractivity (Wildman–Crippen MR) is 80.6 cm³/mol. The first-order chi connectivity index (χ1) is 7.52. The van der Waals surface area contributed by atoms with Crippen molar-refractivity contribution in [3.8, 4) is 0 Å². The Morgan fingerprint density at radius 1 is 1.18 bits per heavy atom. The van der Waals surface area contributed by atoms with Crippen molar-refractivity contribution in [2.75, 3.05) is 0 Å². The van der Waals surface area contributed by atoms with E-state index in [-0.39, 0.29) is 10.7 Å². The Labute approximate surface area is 111 Å². The second-order valence-electron chi connectivity index (χ2n) is 7.15. The molecule has 0 bridgehead atoms. The molecular formula is C16H31B. The fourth-order valence-electron chi connectivity index (χ4n) is 2.55. The first-order valence-electron chi connectivity index (χ1n) is 6.98. The van der Waals surface area contributed by atoms with Crippen LogP contribution in [0.15, 0.2) is 12.2 Å². The molecule has 17 heavy (non-hydrogen) atoms. The Kier molecular flexibility index (Phi) is 6.04. The van der Waals surface area contributed by atoms with Crippen LogP contribution in [0, 0.1) is 17.3 Å². The molecule has 0 saturated heterocycles. The van der Waals surface area contributed by atoms with Crippen molar-refractivity contribution in [1.82, 2.24) is 0 Å². The third kappa shape index (κ3) is 5.79. The molecule has 1 heteroatoms. The van der Waals surface area contributed by atoms with Crippen LogP contribution in [0.1, 0.15) is 67.7 Å². The minimum Gasteiger partial charge on any atom is -0.0996 e. The summed E-state index contributed by atoms with van der Waals surface area (Å²) < 4.78 is 0. The van der Waals surface area contributed by atoms with E-state index in [1.165, 1.54) is 5.57 Å². The van der Waals surface area contributed by atoms with Crippen LogP contribution in [0.3, 0.4) is 0 Å². The van der Waals surface area contributed by atoms with E-state index in [0.29, 0.717) is 11.8 Å². The van der Waals surface area contributed by atoms with E-state index in [0.717, 1.165) is 19.3 Å². The summed E-state index contributed by atoms with van der Waals surface area (Å²) in [6.07, 6.45) is 3.28. The highest BCUT2D eigenvalue weighted by Gasteiger charge is 2.32. The third-order valence-electron chi connectivity index (χ3n) is 4.12. The summed E-state index contributed by atoms with van der Waals surface area (Å²) in [5.41, 5.74) is 1.59. The van der Waals surface area contributed by atoms with E-state index >= 15 is 0 Å². The van der Waals surface area contributed by atoms with Crippen LogP contribution in [0.2, 0.25) is 5.31 Å². The van der Waals surface area contributed by atoms with Gasteiger partial charge in [0.05, 0.1) is 7.85 Å². The summed E-state index contributed by atoms with van der Waals surface area (Å²) in [4.78, 5) is 0. The zero-order valence-corrected chi connectivity index (χ0v) is 13.1. The third-order valence-corrected chi connectivity index (χ3v) is 4.12. The summed E-state index contributed by atoms with van der Waals surface area (Å²) in [6.45, 7) is 19.9. The number of rotatable bonds is 7. The lowest BCUT2D eigenvalue weighted by Gasteiger charge is -2.40. The van der Waals surface area contributed by atoms with E-state index in [4.69, 9.17) is 7.85 Å². The Hall–Kier alpha value is -0.195. The molecule has 0 amide bonds. The molecule has 2 radical (unpaired) electrons. The standard InChI is InChI=1S/C16H31B/c1-9-14(5)16(8,17)11-15(6,7)10-13(4)12(2)3/h12,14H,4,9-11H2,1-3,5-8H3. The first kappa shape index (κ1) is 16.8. The summed E-state index contributed by atoms with van der Waals surface area (Å²) >= 11 is 0. The smallest absolute Gasteiger partial charge is 0.0746 e. The van der Waals surface area contributed by atoms with Crippen molar-refractivity contribution in [3.63, 3.8) is 0 Å². The van der Waals surface area contributed by atoms with Crippen molar-refractivity contribution in [2.24, 2.45) is 17.3 Å². The zero-order valence-electron chi connectivity index (χ0n) is 13.1. The topological polar surface area (TPSA) is 0 Å². The van der Waals surface area contributed by atoms with Crippen molar-refractivity contribution in [1.29, 1.82) is 0 Å². The molecule has 0 aliphatic carbocycles. The number of hydrogen-bond acceptors (Lipinski definition) is 0. The van der Waals surface area contributed by atoms with E-state index in [9.17, 15) is 0 Å². The normalized spacial score (nSPS) is 17.9. The monoisotopic (exact) mass is 234 g/mol. The molecule has 98 valence electrons. The summed E-state index contributed by atoms with van der Waals surface area (Å²) in [5, 5.41) is -0.0739. The van der Waals surface area contributed by atoms with Crippen LogP contribution in [-0.2, 0) is 0 Å². The average Bonchev–Trinajstić information content (AvgIpc) is 2.13. The predicted octanol–water partition coefficient (Wildman–Crippen LogP) is 5.40. The molecule has 0 nitrogen and oxygen atoms in total. The molecule has 0 aromatic heterocycles. The quantitative estimate of drug-likeness (QED) is 0.408. The fraction of sp³-hybridized carbons (Fsp3) is 0.875. The van der Waals surface area contributed by atoms with Gasteiger partial charge in [0.2, 0.25) is 0 Å². The highest BCUT2D eigenvalue weighted by atomic mass is 14.3. The molecule has 0 rings (SSSR count). The maximum absolute atomic E-state index is 6.48. The molecule has 0 aromatic rings. The van der Waals surface area contributed by atoms with E-state index in [2.05, 4.69) is 55.0 Å². The van der Waals surface area contributed by atoms with Crippen LogP contribution < -0.4 is 0 Å². The summed E-state index contributed by atoms with van der Waals surface area (Å²) in [6, 6.07) is 0. The molecule has 0 aliphatic rings. The fourth-order valence-corrected chi connectivity index (χ4v) is 2.55. The van der Waals surface area contributed by atoms with Gasteiger partial charge in [-0.05, 0) is 23.7 Å². The van der Waals surface area contributed by atoms with Gasteiger partial charge in [-0.15, -0.1) is 0 Å². The molecule has 2 unspecified atom stereocenters. The summed E-state index contributed by atoms with van der Waals surface area (Å²) in [5.74, 6) is 1.14. The van der Waals surface area contributed by atoms with Crippen LogP contribution in [-0.4, -0.2) is 7.85 Å². The van der Waals surface area contributed by atoms with Gasteiger partial charge in [-0.1, -0.05) is 78.8 Å². The van der Waals surface area contributed by atoms with Gasteiger partial charge in [0.1, 0.15) is 0 Å². The molecule has 0 fully saturated rings. The van der Waals surface area contributed by atoms with Crippen molar-refractivity contribution in [3.05, 3.63) is 12.2 Å². The van der Waals surface area contributed by atoms with Crippen molar-refractivity contribution in [2.45, 2.75) is 73.0 Å². The molecule has 0 aliphatic heterocycles. The van der Waals surface area contributed by atoms with Gasteiger partial charge in [-0.3, -0.25) is 0 Å². The minimum absolute atomic E-state index is 0.0739. The molecule has 0 aromatic carbocycles. The second kappa shape index (κ2) is 6.11. The Balaban J connectivity index is 4.58. The number of allylic oxidation sites excluding steroid dienone is 1. The lowest BCUT2D eigenvalue weighted by atomic mass is 9.55. The first-order valence-corrected chi connectivity index (χ1v) is 6.98. The van der Waals surface area contributed by atoms with Gasteiger partial charge < -0.3 is 0 Å². The Morgan fingerprint density at radius 3 is 2.00 bits per heavy atom. The van der Waals surface area contributed by atoms with Gasteiger partial charge in [0, 0.05) is 0 Å². The maximum atomic E-state index is 6.48. The van der Waals surface area contributed by atoms with E-state index < -0.39 is 0 Å². The van der Waals surface area contributed by atoms with Gasteiger partial charge >= 0.3 is 0 Å². The van der Waals surface area contributed by atoms with E-state index in [1.54, 1.807) is 0 Å². The lowest BCUT2D eigenvalue weighted by molar-refractivity contribution is 0.234. The highest BCUT2D eigenvalue weighted by molar-refractivity contribution is 6.15. The van der Waals surface area contributed by atoms with Crippen LogP contribution >= 0.6 is 0 Å². The molecule has 2 atom stereocenters. The average molecular weight is 234 g/mol. The SMILES string of the molecule is [B]C(C)(CC(C)(C)CC(=C)C(C)C)C(C)CC. The molecule has 0 spiro atoms. The lowest BCUT2D eigenvalue weighted by Crippen LogP contribution is -2.26. The Morgan fingerprint density at radius 2 is 1.65 bits per heavy atom. The Bertz CT molecular complexity index is 248.